The molecule has 2 N–H and O–H groups in total. The van der Waals surface area contributed by atoms with E-state index < -0.39 is 22.7 Å². The van der Waals surface area contributed by atoms with E-state index in [0.717, 1.165) is 12.8 Å². The Morgan fingerprint density at radius 2 is 1.88 bits per heavy atom. The third-order valence-corrected chi connectivity index (χ3v) is 3.50. The van der Waals surface area contributed by atoms with Crippen molar-refractivity contribution < 1.29 is 21.6 Å². The highest BCUT2D eigenvalue weighted by Crippen LogP contribution is 2.18. The molecule has 16 heavy (non-hydrogen) atoms. The van der Waals surface area contributed by atoms with Crippen LogP contribution < -0.4 is 10.0 Å². The minimum atomic E-state index is -4.50. The van der Waals surface area contributed by atoms with E-state index in [9.17, 15) is 21.6 Å². The first kappa shape index (κ1) is 13.7. The van der Waals surface area contributed by atoms with Gasteiger partial charge in [-0.1, -0.05) is 0 Å². The fourth-order valence-corrected chi connectivity index (χ4v) is 2.17. The van der Waals surface area contributed by atoms with Crippen LogP contribution in [-0.4, -0.2) is 39.5 Å². The second kappa shape index (κ2) is 5.33. The van der Waals surface area contributed by atoms with Gasteiger partial charge < -0.3 is 5.32 Å². The molecule has 0 aromatic carbocycles. The Balaban J connectivity index is 2.12. The topological polar surface area (TPSA) is 58.2 Å². The summed E-state index contributed by atoms with van der Waals surface area (Å²) in [5, 5.41) is 3.09. The van der Waals surface area contributed by atoms with E-state index in [0.29, 0.717) is 19.0 Å². The molecule has 0 atom stereocenters. The lowest BCUT2D eigenvalue weighted by atomic mass is 10.5. The summed E-state index contributed by atoms with van der Waals surface area (Å²) in [5.74, 6) is -0.275. The Hall–Kier alpha value is -0.340. The van der Waals surface area contributed by atoms with Crippen LogP contribution in [0, 0.1) is 0 Å². The molecular weight excluding hydrogens is 245 g/mol. The van der Waals surface area contributed by atoms with Gasteiger partial charge in [0.05, 0.1) is 5.75 Å². The van der Waals surface area contributed by atoms with Crippen molar-refractivity contribution in [1.82, 2.24) is 10.0 Å². The first-order chi connectivity index (χ1) is 7.29. The van der Waals surface area contributed by atoms with Crippen LogP contribution in [-0.2, 0) is 10.0 Å². The molecule has 0 unspecified atom stereocenters. The largest absolute Gasteiger partial charge is 0.402 e. The molecule has 0 aromatic rings. The van der Waals surface area contributed by atoms with E-state index in [1.807, 2.05) is 0 Å². The summed E-state index contributed by atoms with van der Waals surface area (Å²) in [6.07, 6.45) is -1.98. The molecule has 0 radical (unpaired) electrons. The van der Waals surface area contributed by atoms with Crippen LogP contribution in [0.5, 0.6) is 0 Å². The molecule has 1 aliphatic rings. The molecule has 0 amide bonds. The van der Waals surface area contributed by atoms with Gasteiger partial charge in [0.2, 0.25) is 10.0 Å². The van der Waals surface area contributed by atoms with Gasteiger partial charge in [-0.25, -0.2) is 13.1 Å². The van der Waals surface area contributed by atoms with Crippen LogP contribution in [0.1, 0.15) is 19.3 Å². The SMILES string of the molecule is O=S(=O)(CCCNC1CC1)NCC(F)(F)F. The minimum absolute atomic E-state index is 0.275. The van der Waals surface area contributed by atoms with Crippen molar-refractivity contribution in [3.05, 3.63) is 0 Å². The third kappa shape index (κ3) is 7.02. The van der Waals surface area contributed by atoms with Crippen LogP contribution in [0.15, 0.2) is 0 Å². The Bertz CT molecular complexity index is 312. The van der Waals surface area contributed by atoms with Crippen molar-refractivity contribution in [1.29, 1.82) is 0 Å². The number of sulfonamides is 1. The zero-order chi connectivity index (χ0) is 12.2. The highest BCUT2D eigenvalue weighted by Gasteiger charge is 2.29. The summed E-state index contributed by atoms with van der Waals surface area (Å²) in [6.45, 7) is -0.969. The lowest BCUT2D eigenvalue weighted by Crippen LogP contribution is -2.35. The van der Waals surface area contributed by atoms with Gasteiger partial charge in [0.1, 0.15) is 6.54 Å². The molecule has 1 fully saturated rings. The predicted molar refractivity (Wildman–Crippen MR) is 53.5 cm³/mol. The molecule has 1 rings (SSSR count). The molecule has 0 aromatic heterocycles. The van der Waals surface area contributed by atoms with Crippen molar-refractivity contribution in [2.75, 3.05) is 18.8 Å². The second-order valence-corrected chi connectivity index (χ2v) is 5.76. The quantitative estimate of drug-likeness (QED) is 0.659. The van der Waals surface area contributed by atoms with E-state index in [2.05, 4.69) is 5.32 Å². The molecule has 0 saturated heterocycles. The first-order valence-corrected chi connectivity index (χ1v) is 6.71. The summed E-state index contributed by atoms with van der Waals surface area (Å²) in [5.41, 5.74) is 0. The standard InChI is InChI=1S/C8H15F3N2O2S/c9-8(10,11)6-13-16(14,15)5-1-4-12-7-2-3-7/h7,12-13H,1-6H2. The number of nitrogens with one attached hydrogen (secondary N) is 2. The van der Waals surface area contributed by atoms with Gasteiger partial charge in [0.25, 0.3) is 0 Å². The zero-order valence-electron chi connectivity index (χ0n) is 8.68. The number of alkyl halides is 3. The molecule has 0 spiro atoms. The lowest BCUT2D eigenvalue weighted by molar-refractivity contribution is -0.121. The fourth-order valence-electron chi connectivity index (χ4n) is 1.12. The molecule has 8 heteroatoms. The average Bonchev–Trinajstić information content (AvgIpc) is 2.92. The predicted octanol–water partition coefficient (Wildman–Crippen LogP) is 0.610. The van der Waals surface area contributed by atoms with Gasteiger partial charge >= 0.3 is 6.18 Å². The molecule has 4 nitrogen and oxygen atoms in total. The molecule has 0 aliphatic heterocycles. The van der Waals surface area contributed by atoms with E-state index >= 15 is 0 Å². The van der Waals surface area contributed by atoms with Gasteiger partial charge in [-0.05, 0) is 25.8 Å². The number of rotatable bonds is 7. The number of halogens is 3. The smallest absolute Gasteiger partial charge is 0.314 e. The maximum absolute atomic E-state index is 11.7. The number of hydrogen-bond donors (Lipinski definition) is 2. The van der Waals surface area contributed by atoms with Crippen molar-refractivity contribution in [2.45, 2.75) is 31.5 Å². The van der Waals surface area contributed by atoms with E-state index in [-0.39, 0.29) is 5.75 Å². The monoisotopic (exact) mass is 260 g/mol. The summed E-state index contributed by atoms with van der Waals surface area (Å²) >= 11 is 0. The lowest BCUT2D eigenvalue weighted by Gasteiger charge is -2.09. The summed E-state index contributed by atoms with van der Waals surface area (Å²) in [6, 6.07) is 0.478. The van der Waals surface area contributed by atoms with E-state index in [1.54, 1.807) is 0 Å². The van der Waals surface area contributed by atoms with Gasteiger partial charge in [-0.3, -0.25) is 0 Å². The maximum atomic E-state index is 11.7. The number of hydrogen-bond acceptors (Lipinski definition) is 3. The van der Waals surface area contributed by atoms with Crippen LogP contribution >= 0.6 is 0 Å². The minimum Gasteiger partial charge on any atom is -0.314 e. The highest BCUT2D eigenvalue weighted by atomic mass is 32.2. The highest BCUT2D eigenvalue weighted by molar-refractivity contribution is 7.89. The third-order valence-electron chi connectivity index (χ3n) is 2.09. The van der Waals surface area contributed by atoms with Crippen LogP contribution in [0.3, 0.4) is 0 Å². The Kier molecular flexibility index (Phi) is 4.57. The van der Waals surface area contributed by atoms with Crippen LogP contribution in [0.2, 0.25) is 0 Å². The Labute approximate surface area is 92.6 Å². The van der Waals surface area contributed by atoms with Gasteiger partial charge in [-0.2, -0.15) is 13.2 Å². The molecule has 0 bridgehead atoms. The second-order valence-electron chi connectivity index (χ2n) is 3.84. The van der Waals surface area contributed by atoms with Crippen LogP contribution in [0.4, 0.5) is 13.2 Å². The molecule has 96 valence electrons. The fraction of sp³-hybridized carbons (Fsp3) is 1.00. The van der Waals surface area contributed by atoms with Crippen molar-refractivity contribution in [2.24, 2.45) is 0 Å². The molecule has 1 aliphatic carbocycles. The van der Waals surface area contributed by atoms with Crippen molar-refractivity contribution in [3.63, 3.8) is 0 Å². The maximum Gasteiger partial charge on any atom is 0.402 e. The molecular formula is C8H15F3N2O2S. The normalized spacial score (nSPS) is 17.7. The molecule has 0 heterocycles. The zero-order valence-corrected chi connectivity index (χ0v) is 9.50. The summed E-state index contributed by atoms with van der Waals surface area (Å²) in [4.78, 5) is 0. The van der Waals surface area contributed by atoms with Gasteiger partial charge in [0, 0.05) is 6.04 Å². The van der Waals surface area contributed by atoms with Gasteiger partial charge in [0.15, 0.2) is 0 Å². The van der Waals surface area contributed by atoms with Crippen molar-refractivity contribution in [3.8, 4) is 0 Å². The van der Waals surface area contributed by atoms with Crippen molar-refractivity contribution >= 4 is 10.0 Å². The average molecular weight is 260 g/mol. The first-order valence-electron chi connectivity index (χ1n) is 5.06. The molecule has 1 saturated carbocycles. The Morgan fingerprint density at radius 1 is 1.25 bits per heavy atom. The Morgan fingerprint density at radius 3 is 2.38 bits per heavy atom. The summed E-state index contributed by atoms with van der Waals surface area (Å²) < 4.78 is 59.0. The van der Waals surface area contributed by atoms with Crippen LogP contribution in [0.25, 0.3) is 0 Å². The van der Waals surface area contributed by atoms with E-state index in [4.69, 9.17) is 0 Å². The van der Waals surface area contributed by atoms with E-state index in [1.165, 1.54) is 4.72 Å². The summed E-state index contributed by atoms with van der Waals surface area (Å²) in [7, 11) is -3.80. The van der Waals surface area contributed by atoms with Gasteiger partial charge in [-0.15, -0.1) is 0 Å².